The molecule has 0 atom stereocenters. The average Bonchev–Trinajstić information content (AvgIpc) is 2.91. The molecule has 0 unspecified atom stereocenters. The molecule has 7 heteroatoms. The normalized spacial score (nSPS) is 10.9. The maximum Gasteiger partial charge on any atom is 0.158 e. The standard InChI is InChI=1S/C16H15BN4O2/c1-10-12(8-22)7-21-15(10)16(18-9-19-21)20-13-4-2-3-11(5-13)14(23)6-17/h2-5,7,9,22H,6,8H2,1H3,(H,18,19,20). The smallest absolute Gasteiger partial charge is 0.158 e. The number of nitrogens with one attached hydrogen (secondary N) is 1. The molecule has 3 aromatic rings. The molecule has 0 aliphatic carbocycles. The fourth-order valence-corrected chi connectivity index (χ4v) is 2.49. The first-order chi connectivity index (χ1) is 11.1. The van der Waals surface area contributed by atoms with Crippen molar-refractivity contribution in [3.8, 4) is 0 Å². The van der Waals surface area contributed by atoms with E-state index in [2.05, 4.69) is 15.4 Å². The first-order valence-electron chi connectivity index (χ1n) is 7.17. The second kappa shape index (κ2) is 6.22. The molecule has 2 radical (unpaired) electrons. The van der Waals surface area contributed by atoms with Crippen LogP contribution in [0.15, 0.2) is 36.8 Å². The molecule has 0 bridgehead atoms. The number of aromatic nitrogens is 3. The number of anilines is 2. The molecule has 0 aliphatic rings. The van der Waals surface area contributed by atoms with E-state index in [1.54, 1.807) is 28.9 Å². The van der Waals surface area contributed by atoms with Crippen molar-refractivity contribution in [1.29, 1.82) is 0 Å². The van der Waals surface area contributed by atoms with Gasteiger partial charge in [-0.05, 0) is 30.9 Å². The van der Waals surface area contributed by atoms with Gasteiger partial charge in [-0.15, -0.1) is 0 Å². The number of hydrogen-bond acceptors (Lipinski definition) is 5. The van der Waals surface area contributed by atoms with E-state index in [1.807, 2.05) is 13.0 Å². The third kappa shape index (κ3) is 2.83. The highest BCUT2D eigenvalue weighted by atomic mass is 16.3. The highest BCUT2D eigenvalue weighted by molar-refractivity contribution is 6.24. The number of rotatable bonds is 5. The van der Waals surface area contributed by atoms with Crippen LogP contribution in [0.3, 0.4) is 0 Å². The van der Waals surface area contributed by atoms with Gasteiger partial charge in [0, 0.05) is 23.0 Å². The number of Topliss-reactive ketones (excluding diaryl/α,β-unsaturated/α-hetero) is 1. The number of benzene rings is 1. The Morgan fingerprint density at radius 2 is 2.26 bits per heavy atom. The third-order valence-electron chi connectivity index (χ3n) is 3.73. The molecule has 0 fully saturated rings. The number of fused-ring (bicyclic) bond motifs is 1. The van der Waals surface area contributed by atoms with Gasteiger partial charge < -0.3 is 10.4 Å². The summed E-state index contributed by atoms with van der Waals surface area (Å²) in [6, 6.07) is 7.09. The van der Waals surface area contributed by atoms with Crippen LogP contribution in [-0.2, 0) is 6.61 Å². The Hall–Kier alpha value is -2.67. The van der Waals surface area contributed by atoms with Crippen LogP contribution in [0.5, 0.6) is 0 Å². The van der Waals surface area contributed by atoms with Gasteiger partial charge in [0.05, 0.1) is 14.5 Å². The van der Waals surface area contributed by atoms with Crippen molar-refractivity contribution >= 4 is 30.7 Å². The second-order valence-corrected chi connectivity index (χ2v) is 5.17. The highest BCUT2D eigenvalue weighted by Gasteiger charge is 2.12. The van der Waals surface area contributed by atoms with E-state index in [9.17, 15) is 9.90 Å². The summed E-state index contributed by atoms with van der Waals surface area (Å²) in [7, 11) is 5.40. The van der Waals surface area contributed by atoms with Crippen LogP contribution in [0, 0.1) is 6.92 Å². The zero-order valence-electron chi connectivity index (χ0n) is 12.7. The maximum absolute atomic E-state index is 11.7. The molecule has 0 spiro atoms. The molecule has 3 rings (SSSR count). The Labute approximate surface area is 134 Å². The van der Waals surface area contributed by atoms with E-state index < -0.39 is 0 Å². The molecule has 1 aromatic carbocycles. The number of aliphatic hydroxyl groups is 1. The van der Waals surface area contributed by atoms with Gasteiger partial charge in [0.15, 0.2) is 11.6 Å². The van der Waals surface area contributed by atoms with E-state index in [0.717, 1.165) is 22.3 Å². The van der Waals surface area contributed by atoms with Crippen LogP contribution in [-0.4, -0.2) is 33.3 Å². The van der Waals surface area contributed by atoms with Crippen molar-refractivity contribution in [2.45, 2.75) is 19.9 Å². The first kappa shape index (κ1) is 15.2. The number of hydrogen-bond donors (Lipinski definition) is 2. The van der Waals surface area contributed by atoms with Gasteiger partial charge in [0.25, 0.3) is 0 Å². The summed E-state index contributed by atoms with van der Waals surface area (Å²) in [5, 5.41) is 16.7. The van der Waals surface area contributed by atoms with Crippen molar-refractivity contribution in [2.75, 3.05) is 5.32 Å². The van der Waals surface area contributed by atoms with Gasteiger partial charge in [-0.1, -0.05) is 12.1 Å². The minimum Gasteiger partial charge on any atom is -0.392 e. The summed E-state index contributed by atoms with van der Waals surface area (Å²) in [5.74, 6) is 0.484. The molecule has 0 aliphatic heterocycles. The summed E-state index contributed by atoms with van der Waals surface area (Å²) in [6.45, 7) is 1.85. The van der Waals surface area contributed by atoms with Gasteiger partial charge in [0.2, 0.25) is 0 Å². The van der Waals surface area contributed by atoms with Crippen LogP contribution in [0.25, 0.3) is 5.52 Å². The highest BCUT2D eigenvalue weighted by Crippen LogP contribution is 2.25. The van der Waals surface area contributed by atoms with Crippen LogP contribution in [0.4, 0.5) is 11.5 Å². The van der Waals surface area contributed by atoms with Crippen molar-refractivity contribution in [3.05, 3.63) is 53.5 Å². The number of ketones is 1. The van der Waals surface area contributed by atoms with Crippen LogP contribution in [0.1, 0.15) is 21.5 Å². The number of carbonyl (C=O) groups is 1. The van der Waals surface area contributed by atoms with Crippen LogP contribution >= 0.6 is 0 Å². The lowest BCUT2D eigenvalue weighted by Crippen LogP contribution is -2.02. The Kier molecular flexibility index (Phi) is 4.12. The van der Waals surface area contributed by atoms with Gasteiger partial charge >= 0.3 is 0 Å². The van der Waals surface area contributed by atoms with Gasteiger partial charge in [0.1, 0.15) is 11.8 Å². The predicted molar refractivity (Wildman–Crippen MR) is 88.3 cm³/mol. The fourth-order valence-electron chi connectivity index (χ4n) is 2.49. The van der Waals surface area contributed by atoms with E-state index >= 15 is 0 Å². The Morgan fingerprint density at radius 1 is 1.43 bits per heavy atom. The molecule has 2 N–H and O–H groups in total. The Bertz CT molecular complexity index is 876. The van der Waals surface area contributed by atoms with Crippen molar-refractivity contribution in [1.82, 2.24) is 14.6 Å². The van der Waals surface area contributed by atoms with Crippen LogP contribution < -0.4 is 5.32 Å². The van der Waals surface area contributed by atoms with Gasteiger partial charge in [-0.2, -0.15) is 5.10 Å². The zero-order chi connectivity index (χ0) is 16.4. The molecule has 114 valence electrons. The van der Waals surface area contributed by atoms with E-state index in [-0.39, 0.29) is 18.7 Å². The lowest BCUT2D eigenvalue weighted by atomic mass is 9.96. The number of nitrogens with zero attached hydrogens (tertiary/aromatic N) is 3. The third-order valence-corrected chi connectivity index (χ3v) is 3.73. The summed E-state index contributed by atoms with van der Waals surface area (Å²) >= 11 is 0. The van der Waals surface area contributed by atoms with Gasteiger partial charge in [-0.25, -0.2) is 9.50 Å². The van der Waals surface area contributed by atoms with E-state index in [4.69, 9.17) is 7.85 Å². The summed E-state index contributed by atoms with van der Waals surface area (Å²) in [4.78, 5) is 16.0. The molecule has 0 amide bonds. The molecule has 6 nitrogen and oxygen atoms in total. The maximum atomic E-state index is 11.7. The Balaban J connectivity index is 2.02. The molecule has 2 aromatic heterocycles. The fraction of sp³-hybridized carbons (Fsp3) is 0.188. The van der Waals surface area contributed by atoms with Crippen molar-refractivity contribution in [2.24, 2.45) is 0 Å². The molecular formula is C16H15BN4O2. The predicted octanol–water partition coefficient (Wildman–Crippen LogP) is 2.04. The summed E-state index contributed by atoms with van der Waals surface area (Å²) in [5.41, 5.74) is 3.76. The van der Waals surface area contributed by atoms with E-state index in [0.29, 0.717) is 11.4 Å². The average molecular weight is 306 g/mol. The second-order valence-electron chi connectivity index (χ2n) is 5.17. The lowest BCUT2D eigenvalue weighted by Gasteiger charge is -2.09. The quantitative estimate of drug-likeness (QED) is 0.557. The molecule has 23 heavy (non-hydrogen) atoms. The SMILES string of the molecule is [B]CC(=O)c1cccc(Nc2ncnn3cc(CO)c(C)c23)c1. The minimum atomic E-state index is -0.122. The molecular weight excluding hydrogens is 291 g/mol. The first-order valence-corrected chi connectivity index (χ1v) is 7.17. The summed E-state index contributed by atoms with van der Waals surface area (Å²) < 4.78 is 1.67. The van der Waals surface area contributed by atoms with Gasteiger partial charge in [-0.3, -0.25) is 4.79 Å². The number of aryl methyl sites for hydroxylation is 1. The minimum absolute atomic E-state index is 0.0289. The number of carbonyl (C=O) groups excluding carboxylic acids is 1. The van der Waals surface area contributed by atoms with E-state index in [1.165, 1.54) is 6.33 Å². The topological polar surface area (TPSA) is 79.5 Å². The van der Waals surface area contributed by atoms with Crippen molar-refractivity contribution < 1.29 is 9.90 Å². The monoisotopic (exact) mass is 306 g/mol. The Morgan fingerprint density at radius 3 is 3.00 bits per heavy atom. The molecule has 2 heterocycles. The van der Waals surface area contributed by atoms with Crippen LogP contribution in [0.2, 0.25) is 6.32 Å². The summed E-state index contributed by atoms with van der Waals surface area (Å²) in [6.07, 6.45) is 3.18. The molecule has 0 saturated heterocycles. The zero-order valence-corrected chi connectivity index (χ0v) is 12.7. The largest absolute Gasteiger partial charge is 0.392 e. The number of aliphatic hydroxyl groups excluding tert-OH is 1. The lowest BCUT2D eigenvalue weighted by molar-refractivity contribution is 0.101. The van der Waals surface area contributed by atoms with Crippen molar-refractivity contribution in [3.63, 3.8) is 0 Å². The molecule has 0 saturated carbocycles.